The van der Waals surface area contributed by atoms with Crippen molar-refractivity contribution in [3.05, 3.63) is 35.4 Å². The summed E-state index contributed by atoms with van der Waals surface area (Å²) in [6.45, 7) is 11.4. The molecule has 0 heterocycles. The van der Waals surface area contributed by atoms with Crippen LogP contribution < -0.4 is 4.43 Å². The van der Waals surface area contributed by atoms with Crippen molar-refractivity contribution < 1.29 is 9.16 Å². The SMILES string of the molecule is COC(=C1CCCCC1)c1cccc(O[Si](C)(C)C(C)(C)C)c1. The van der Waals surface area contributed by atoms with E-state index in [0.29, 0.717) is 0 Å². The molecule has 0 radical (unpaired) electrons. The summed E-state index contributed by atoms with van der Waals surface area (Å²) in [6, 6.07) is 8.45. The van der Waals surface area contributed by atoms with Crippen molar-refractivity contribution in [2.45, 2.75) is 71.0 Å². The second-order valence-corrected chi connectivity index (χ2v) is 12.8. The third-order valence-electron chi connectivity index (χ3n) is 5.26. The minimum atomic E-state index is -1.81. The molecule has 0 spiro atoms. The van der Waals surface area contributed by atoms with Crippen LogP contribution in [0, 0.1) is 0 Å². The molecule has 1 fully saturated rings. The largest absolute Gasteiger partial charge is 0.543 e. The van der Waals surface area contributed by atoms with Crippen molar-refractivity contribution in [1.29, 1.82) is 0 Å². The number of methoxy groups -OCH3 is 1. The van der Waals surface area contributed by atoms with Gasteiger partial charge in [0.15, 0.2) is 0 Å². The molecular formula is C20H32O2Si. The van der Waals surface area contributed by atoms with E-state index in [2.05, 4.69) is 58.1 Å². The smallest absolute Gasteiger partial charge is 0.250 e. The highest BCUT2D eigenvalue weighted by molar-refractivity contribution is 6.74. The van der Waals surface area contributed by atoms with Crippen LogP contribution >= 0.6 is 0 Å². The van der Waals surface area contributed by atoms with Gasteiger partial charge in [0.25, 0.3) is 0 Å². The molecule has 23 heavy (non-hydrogen) atoms. The third-order valence-corrected chi connectivity index (χ3v) is 9.62. The van der Waals surface area contributed by atoms with Crippen molar-refractivity contribution in [1.82, 2.24) is 0 Å². The van der Waals surface area contributed by atoms with E-state index < -0.39 is 8.32 Å². The van der Waals surface area contributed by atoms with Crippen molar-refractivity contribution >= 4 is 14.1 Å². The summed E-state index contributed by atoms with van der Waals surface area (Å²) in [5.74, 6) is 2.03. The number of allylic oxidation sites excluding steroid dienone is 1. The first-order valence-electron chi connectivity index (χ1n) is 8.80. The number of hydrogen-bond acceptors (Lipinski definition) is 2. The van der Waals surface area contributed by atoms with Gasteiger partial charge in [-0.15, -0.1) is 0 Å². The van der Waals surface area contributed by atoms with E-state index in [-0.39, 0.29) is 5.04 Å². The summed E-state index contributed by atoms with van der Waals surface area (Å²) in [7, 11) is -0.0200. The Kier molecular flexibility index (Phi) is 5.61. The molecule has 0 amide bonds. The van der Waals surface area contributed by atoms with Crippen LogP contribution in [0.1, 0.15) is 58.4 Å². The minimum absolute atomic E-state index is 0.203. The fourth-order valence-electron chi connectivity index (χ4n) is 2.82. The second kappa shape index (κ2) is 7.12. The third kappa shape index (κ3) is 4.41. The normalized spacial score (nSPS) is 16.2. The molecule has 2 nitrogen and oxygen atoms in total. The Morgan fingerprint density at radius 2 is 1.70 bits per heavy atom. The van der Waals surface area contributed by atoms with E-state index in [1.54, 1.807) is 7.11 Å². The maximum absolute atomic E-state index is 6.45. The lowest BCUT2D eigenvalue weighted by Gasteiger charge is -2.36. The minimum Gasteiger partial charge on any atom is -0.543 e. The molecule has 1 aliphatic rings. The quantitative estimate of drug-likeness (QED) is 0.469. The highest BCUT2D eigenvalue weighted by Crippen LogP contribution is 2.38. The number of benzene rings is 1. The Labute approximate surface area is 143 Å². The molecule has 1 aromatic rings. The highest BCUT2D eigenvalue weighted by Gasteiger charge is 2.39. The molecule has 128 valence electrons. The molecule has 0 unspecified atom stereocenters. The van der Waals surface area contributed by atoms with Crippen LogP contribution in [0.5, 0.6) is 5.75 Å². The monoisotopic (exact) mass is 332 g/mol. The lowest BCUT2D eigenvalue weighted by Crippen LogP contribution is -2.43. The van der Waals surface area contributed by atoms with Crippen LogP contribution in [0.4, 0.5) is 0 Å². The zero-order chi connectivity index (χ0) is 17.1. The molecule has 1 saturated carbocycles. The van der Waals surface area contributed by atoms with Gasteiger partial charge in [0.05, 0.1) is 7.11 Å². The summed E-state index contributed by atoms with van der Waals surface area (Å²) in [5.41, 5.74) is 2.61. The Bertz CT molecular complexity index is 559. The Morgan fingerprint density at radius 3 is 2.26 bits per heavy atom. The Hall–Kier alpha value is -1.22. The van der Waals surface area contributed by atoms with Gasteiger partial charge in [0.2, 0.25) is 8.32 Å². The molecule has 0 bridgehead atoms. The van der Waals surface area contributed by atoms with Crippen molar-refractivity contribution in [2.24, 2.45) is 0 Å². The summed E-state index contributed by atoms with van der Waals surface area (Å²) < 4.78 is 12.2. The summed E-state index contributed by atoms with van der Waals surface area (Å²) in [6.07, 6.45) is 6.23. The standard InChI is InChI=1S/C20H32O2Si/c1-20(2,3)23(5,6)22-18-14-10-13-17(15-18)19(21-4)16-11-8-7-9-12-16/h10,13-15H,7-9,11-12H2,1-6H3. The summed E-state index contributed by atoms with van der Waals surface area (Å²) in [5, 5.41) is 0.203. The lowest BCUT2D eigenvalue weighted by atomic mass is 9.92. The maximum Gasteiger partial charge on any atom is 0.250 e. The van der Waals surface area contributed by atoms with Crippen LogP contribution in [0.25, 0.3) is 5.76 Å². The highest BCUT2D eigenvalue weighted by atomic mass is 28.4. The molecule has 3 heteroatoms. The van der Waals surface area contributed by atoms with Gasteiger partial charge >= 0.3 is 0 Å². The van der Waals surface area contributed by atoms with Gasteiger partial charge in [0.1, 0.15) is 11.5 Å². The average Bonchev–Trinajstić information content (AvgIpc) is 2.48. The molecule has 0 saturated heterocycles. The van der Waals surface area contributed by atoms with Crippen LogP contribution in [0.15, 0.2) is 29.8 Å². The molecule has 0 N–H and O–H groups in total. The van der Waals surface area contributed by atoms with Crippen molar-refractivity contribution in [3.63, 3.8) is 0 Å². The first-order valence-corrected chi connectivity index (χ1v) is 11.7. The van der Waals surface area contributed by atoms with E-state index >= 15 is 0 Å². The van der Waals surface area contributed by atoms with E-state index in [1.165, 1.54) is 24.8 Å². The zero-order valence-corrected chi connectivity index (χ0v) is 16.7. The molecule has 0 aromatic heterocycles. The second-order valence-electron chi connectivity index (χ2n) is 8.09. The van der Waals surface area contributed by atoms with E-state index in [1.807, 2.05) is 0 Å². The molecule has 1 aliphatic carbocycles. The van der Waals surface area contributed by atoms with E-state index in [9.17, 15) is 0 Å². The molecular weight excluding hydrogens is 300 g/mol. The Morgan fingerprint density at radius 1 is 1.04 bits per heavy atom. The van der Waals surface area contributed by atoms with Gasteiger partial charge in [-0.25, -0.2) is 0 Å². The lowest BCUT2D eigenvalue weighted by molar-refractivity contribution is 0.361. The van der Waals surface area contributed by atoms with Gasteiger partial charge in [-0.1, -0.05) is 39.3 Å². The van der Waals surface area contributed by atoms with Gasteiger partial charge in [-0.05, 0) is 61.5 Å². The predicted octanol–water partition coefficient (Wildman–Crippen LogP) is 6.39. The number of hydrogen-bond donors (Lipinski definition) is 0. The fourth-order valence-corrected chi connectivity index (χ4v) is 3.84. The van der Waals surface area contributed by atoms with Crippen molar-refractivity contribution in [2.75, 3.05) is 7.11 Å². The molecule has 0 aliphatic heterocycles. The maximum atomic E-state index is 6.45. The van der Waals surface area contributed by atoms with Gasteiger partial charge in [-0.2, -0.15) is 0 Å². The summed E-state index contributed by atoms with van der Waals surface area (Å²) >= 11 is 0. The first-order chi connectivity index (χ1) is 10.7. The van der Waals surface area contributed by atoms with E-state index in [4.69, 9.17) is 9.16 Å². The number of rotatable bonds is 4. The van der Waals surface area contributed by atoms with Crippen LogP contribution in [0.2, 0.25) is 18.1 Å². The Balaban J connectivity index is 2.29. The number of ether oxygens (including phenoxy) is 1. The van der Waals surface area contributed by atoms with Crippen molar-refractivity contribution in [3.8, 4) is 5.75 Å². The summed E-state index contributed by atoms with van der Waals surface area (Å²) in [4.78, 5) is 0. The van der Waals surface area contributed by atoms with Crippen LogP contribution in [0.3, 0.4) is 0 Å². The van der Waals surface area contributed by atoms with Gasteiger partial charge < -0.3 is 9.16 Å². The predicted molar refractivity (Wildman–Crippen MR) is 101 cm³/mol. The van der Waals surface area contributed by atoms with Crippen LogP contribution in [-0.2, 0) is 4.74 Å². The van der Waals surface area contributed by atoms with Gasteiger partial charge in [0, 0.05) is 5.56 Å². The molecule has 2 rings (SSSR count). The average molecular weight is 333 g/mol. The molecule has 1 aromatic carbocycles. The fraction of sp³-hybridized carbons (Fsp3) is 0.600. The van der Waals surface area contributed by atoms with Crippen LogP contribution in [-0.4, -0.2) is 15.4 Å². The van der Waals surface area contributed by atoms with Gasteiger partial charge in [-0.3, -0.25) is 0 Å². The first kappa shape index (κ1) is 18.1. The topological polar surface area (TPSA) is 18.5 Å². The zero-order valence-electron chi connectivity index (χ0n) is 15.7. The molecule has 0 atom stereocenters. The van der Waals surface area contributed by atoms with E-state index in [0.717, 1.165) is 29.9 Å².